The number of likely N-dealkylation sites (N-methyl/N-ethyl adjacent to an activating group) is 1. The van der Waals surface area contributed by atoms with E-state index in [1.807, 2.05) is 33.5 Å². The Kier molecular flexibility index (Phi) is 6.41. The molecule has 2 atom stereocenters. The van der Waals surface area contributed by atoms with Crippen molar-refractivity contribution in [2.45, 2.75) is 70.2 Å². The summed E-state index contributed by atoms with van der Waals surface area (Å²) in [5.41, 5.74) is 1.15. The molecule has 3 heterocycles. The van der Waals surface area contributed by atoms with Crippen LogP contribution in [0.2, 0.25) is 0 Å². The molecule has 2 aliphatic heterocycles. The van der Waals surface area contributed by atoms with Crippen molar-refractivity contribution in [3.05, 3.63) is 18.0 Å². The number of hydrogen-bond donors (Lipinski definition) is 1. The Hall–Kier alpha value is -1.44. The molecule has 1 N–H and O–H groups in total. The normalized spacial score (nSPS) is 27.4. The van der Waals surface area contributed by atoms with Crippen LogP contribution in [0.3, 0.4) is 0 Å². The summed E-state index contributed by atoms with van der Waals surface area (Å²) in [6, 6.07) is -0.0879. The first-order valence-electron chi connectivity index (χ1n) is 10.8. The fraction of sp³-hybridized carbons (Fsp3) is 0.818. The molecule has 164 valence electrons. The number of ether oxygens (including phenoxy) is 1. The van der Waals surface area contributed by atoms with Crippen molar-refractivity contribution in [3.63, 3.8) is 0 Å². The predicted octanol–water partition coefficient (Wildman–Crippen LogP) is 2.20. The van der Waals surface area contributed by atoms with Gasteiger partial charge < -0.3 is 19.9 Å². The summed E-state index contributed by atoms with van der Waals surface area (Å²) in [7, 11) is 6.01. The Morgan fingerprint density at radius 3 is 2.48 bits per heavy atom. The van der Waals surface area contributed by atoms with Crippen molar-refractivity contribution in [1.82, 2.24) is 24.9 Å². The first-order valence-corrected chi connectivity index (χ1v) is 10.8. The molecule has 0 radical (unpaired) electrons. The Morgan fingerprint density at radius 2 is 1.93 bits per heavy atom. The van der Waals surface area contributed by atoms with Crippen molar-refractivity contribution in [3.8, 4) is 0 Å². The maximum absolute atomic E-state index is 13.5. The van der Waals surface area contributed by atoms with Gasteiger partial charge in [0.25, 0.3) is 0 Å². The SMILES string of the molecule is CN(C)C[C@@H]1OCCN(C(=O)CC2CC(C)(C)NC(C)(C)C2)[C@H]1c1cnn(C)c1. The topological polar surface area (TPSA) is 62.6 Å². The second kappa shape index (κ2) is 8.36. The quantitative estimate of drug-likeness (QED) is 0.814. The molecule has 0 spiro atoms. The molecule has 0 bridgehead atoms. The first kappa shape index (κ1) is 22.2. The molecule has 2 saturated heterocycles. The lowest BCUT2D eigenvalue weighted by Gasteiger charge is -2.47. The van der Waals surface area contributed by atoms with Crippen molar-refractivity contribution in [1.29, 1.82) is 0 Å². The standard InChI is InChI=1S/C22H39N5O2/c1-21(2)11-16(12-22(3,4)24-21)10-19(28)27-8-9-29-18(15-25(5)6)20(27)17-13-23-26(7)14-17/h13-14,16,18,20,24H,8-12,15H2,1-7H3/t18-,20-/m0/s1. The number of piperidine rings is 1. The van der Waals surface area contributed by atoms with Gasteiger partial charge in [0, 0.05) is 49.4 Å². The van der Waals surface area contributed by atoms with Crippen LogP contribution in [0.15, 0.2) is 12.4 Å². The average Bonchev–Trinajstić information content (AvgIpc) is 2.97. The smallest absolute Gasteiger partial charge is 0.223 e. The molecule has 7 heteroatoms. The number of aromatic nitrogens is 2. The lowest BCUT2D eigenvalue weighted by atomic mass is 9.74. The molecule has 1 amide bonds. The van der Waals surface area contributed by atoms with E-state index in [1.54, 1.807) is 4.68 Å². The van der Waals surface area contributed by atoms with Crippen LogP contribution in [0.25, 0.3) is 0 Å². The highest BCUT2D eigenvalue weighted by Gasteiger charge is 2.41. The summed E-state index contributed by atoms with van der Waals surface area (Å²) >= 11 is 0. The number of hydrogen-bond acceptors (Lipinski definition) is 5. The molecule has 0 aliphatic carbocycles. The molecular formula is C22H39N5O2. The van der Waals surface area contributed by atoms with Crippen LogP contribution in [-0.2, 0) is 16.6 Å². The zero-order valence-corrected chi connectivity index (χ0v) is 19.2. The van der Waals surface area contributed by atoms with Gasteiger partial charge in [0.1, 0.15) is 0 Å². The van der Waals surface area contributed by atoms with E-state index in [9.17, 15) is 4.79 Å². The largest absolute Gasteiger partial charge is 0.373 e. The Bertz CT molecular complexity index is 696. The van der Waals surface area contributed by atoms with Crippen molar-refractivity contribution in [2.75, 3.05) is 33.8 Å². The maximum atomic E-state index is 13.5. The summed E-state index contributed by atoms with van der Waals surface area (Å²) in [4.78, 5) is 17.7. The van der Waals surface area contributed by atoms with Gasteiger partial charge in [-0.15, -0.1) is 0 Å². The number of carbonyl (C=O) groups excluding carboxylic acids is 1. The number of amides is 1. The minimum absolute atomic E-state index is 0.0483. The zero-order valence-electron chi connectivity index (χ0n) is 19.2. The van der Waals surface area contributed by atoms with Gasteiger partial charge in [-0.05, 0) is 60.5 Å². The van der Waals surface area contributed by atoms with Crippen LogP contribution in [-0.4, -0.2) is 76.5 Å². The second-order valence-electron chi connectivity index (χ2n) is 10.5. The van der Waals surface area contributed by atoms with Crippen LogP contribution < -0.4 is 5.32 Å². The predicted molar refractivity (Wildman–Crippen MR) is 115 cm³/mol. The van der Waals surface area contributed by atoms with E-state index in [0.29, 0.717) is 25.5 Å². The summed E-state index contributed by atoms with van der Waals surface area (Å²) in [6.07, 6.45) is 6.47. The summed E-state index contributed by atoms with van der Waals surface area (Å²) in [6.45, 7) is 11.0. The van der Waals surface area contributed by atoms with E-state index in [0.717, 1.165) is 24.9 Å². The Labute approximate surface area is 175 Å². The third-order valence-electron chi connectivity index (χ3n) is 6.02. The lowest BCUT2D eigenvalue weighted by molar-refractivity contribution is -0.149. The molecule has 0 aromatic carbocycles. The van der Waals surface area contributed by atoms with Gasteiger partial charge >= 0.3 is 0 Å². The molecule has 1 aromatic heterocycles. The highest BCUT2D eigenvalue weighted by Crippen LogP contribution is 2.37. The molecular weight excluding hydrogens is 366 g/mol. The molecule has 0 saturated carbocycles. The van der Waals surface area contributed by atoms with Gasteiger partial charge in [0.05, 0.1) is 24.9 Å². The molecule has 7 nitrogen and oxygen atoms in total. The summed E-state index contributed by atoms with van der Waals surface area (Å²) in [5.74, 6) is 0.628. The molecule has 3 rings (SSSR count). The van der Waals surface area contributed by atoms with Gasteiger partial charge in [0.15, 0.2) is 0 Å². The molecule has 2 fully saturated rings. The fourth-order valence-electron chi connectivity index (χ4n) is 5.56. The lowest BCUT2D eigenvalue weighted by Crippen LogP contribution is -2.58. The fourth-order valence-corrected chi connectivity index (χ4v) is 5.56. The van der Waals surface area contributed by atoms with E-state index >= 15 is 0 Å². The van der Waals surface area contributed by atoms with Crippen LogP contribution >= 0.6 is 0 Å². The van der Waals surface area contributed by atoms with Crippen LogP contribution in [0, 0.1) is 5.92 Å². The van der Waals surface area contributed by atoms with E-state index < -0.39 is 0 Å². The molecule has 0 unspecified atom stereocenters. The number of carbonyl (C=O) groups is 1. The Morgan fingerprint density at radius 1 is 1.28 bits per heavy atom. The summed E-state index contributed by atoms with van der Waals surface area (Å²) < 4.78 is 7.92. The zero-order chi connectivity index (χ0) is 21.4. The van der Waals surface area contributed by atoms with Crippen molar-refractivity contribution in [2.24, 2.45) is 13.0 Å². The number of nitrogens with zero attached hydrogens (tertiary/aromatic N) is 4. The van der Waals surface area contributed by atoms with E-state index in [4.69, 9.17) is 4.74 Å². The molecule has 29 heavy (non-hydrogen) atoms. The highest BCUT2D eigenvalue weighted by atomic mass is 16.5. The summed E-state index contributed by atoms with van der Waals surface area (Å²) in [5, 5.41) is 8.07. The number of aryl methyl sites for hydroxylation is 1. The highest BCUT2D eigenvalue weighted by molar-refractivity contribution is 5.77. The maximum Gasteiger partial charge on any atom is 0.223 e. The van der Waals surface area contributed by atoms with Gasteiger partial charge in [-0.25, -0.2) is 0 Å². The Balaban J connectivity index is 1.79. The minimum Gasteiger partial charge on any atom is -0.373 e. The van der Waals surface area contributed by atoms with Gasteiger partial charge in [-0.2, -0.15) is 5.10 Å². The minimum atomic E-state index is -0.0879. The number of morpholine rings is 1. The molecule has 2 aliphatic rings. The van der Waals surface area contributed by atoms with Gasteiger partial charge in [-0.3, -0.25) is 9.48 Å². The monoisotopic (exact) mass is 405 g/mol. The second-order valence-corrected chi connectivity index (χ2v) is 10.5. The first-order chi connectivity index (χ1) is 13.5. The van der Waals surface area contributed by atoms with E-state index in [-0.39, 0.29) is 29.1 Å². The van der Waals surface area contributed by atoms with Crippen molar-refractivity contribution < 1.29 is 9.53 Å². The van der Waals surface area contributed by atoms with E-state index in [2.05, 4.69) is 47.9 Å². The van der Waals surface area contributed by atoms with Crippen molar-refractivity contribution >= 4 is 5.91 Å². The van der Waals surface area contributed by atoms with E-state index in [1.165, 1.54) is 0 Å². The molecule has 1 aromatic rings. The third-order valence-corrected chi connectivity index (χ3v) is 6.02. The van der Waals surface area contributed by atoms with Gasteiger partial charge in [0.2, 0.25) is 5.91 Å². The van der Waals surface area contributed by atoms with Crippen LogP contribution in [0.1, 0.15) is 58.6 Å². The third kappa shape index (κ3) is 5.58. The average molecular weight is 406 g/mol. The number of nitrogens with one attached hydrogen (secondary N) is 1. The number of rotatable bonds is 5. The van der Waals surface area contributed by atoms with Crippen LogP contribution in [0.5, 0.6) is 0 Å². The van der Waals surface area contributed by atoms with Gasteiger partial charge in [-0.1, -0.05) is 0 Å². The van der Waals surface area contributed by atoms with Crippen LogP contribution in [0.4, 0.5) is 0 Å².